The van der Waals surface area contributed by atoms with Crippen LogP contribution in [-0.2, 0) is 10.5 Å². The van der Waals surface area contributed by atoms with Gasteiger partial charge in [0.2, 0.25) is 5.91 Å². The van der Waals surface area contributed by atoms with Gasteiger partial charge in [0.05, 0.1) is 23.3 Å². The van der Waals surface area contributed by atoms with Crippen molar-refractivity contribution in [1.29, 1.82) is 0 Å². The SMILES string of the molecule is O=C(CSCc1nc2ccccn2c1C#Cc1cccc(OC(F)(F)F)c1)Nc1cccnc1. The molecule has 3 aromatic heterocycles. The van der Waals surface area contributed by atoms with E-state index in [9.17, 15) is 18.0 Å². The van der Waals surface area contributed by atoms with Gasteiger partial charge in [0.15, 0.2) is 0 Å². The number of carbonyl (C=O) groups is 1. The van der Waals surface area contributed by atoms with Crippen molar-refractivity contribution < 1.29 is 22.7 Å². The van der Waals surface area contributed by atoms with E-state index in [1.165, 1.54) is 30.0 Å². The maximum Gasteiger partial charge on any atom is 0.573 e. The van der Waals surface area contributed by atoms with Gasteiger partial charge in [-0.05, 0) is 48.4 Å². The van der Waals surface area contributed by atoms with E-state index in [1.54, 1.807) is 41.2 Å². The van der Waals surface area contributed by atoms with Gasteiger partial charge in [-0.1, -0.05) is 18.1 Å². The summed E-state index contributed by atoms with van der Waals surface area (Å²) >= 11 is 1.37. The molecule has 0 aliphatic heterocycles. The van der Waals surface area contributed by atoms with E-state index in [0.717, 1.165) is 0 Å². The van der Waals surface area contributed by atoms with Gasteiger partial charge in [-0.3, -0.25) is 14.2 Å². The standard InChI is InChI=1S/C24H17F3N4O2S/c25-24(26,27)33-19-7-3-5-17(13-19)9-10-21-20(30-22-8-1-2-12-31(21)22)15-34-16-23(32)29-18-6-4-11-28-14-18/h1-8,11-14H,15-16H2,(H,29,32). The number of nitrogens with one attached hydrogen (secondary N) is 1. The molecule has 0 aliphatic carbocycles. The Labute approximate surface area is 197 Å². The lowest BCUT2D eigenvalue weighted by Gasteiger charge is -2.08. The van der Waals surface area contributed by atoms with Crippen LogP contribution in [-0.4, -0.2) is 32.4 Å². The summed E-state index contributed by atoms with van der Waals surface area (Å²) in [5, 5.41) is 2.77. The molecule has 3 heterocycles. The average Bonchev–Trinajstić information content (AvgIpc) is 3.15. The maximum atomic E-state index is 12.5. The Morgan fingerprint density at radius 3 is 2.79 bits per heavy atom. The Morgan fingerprint density at radius 2 is 2.00 bits per heavy atom. The Balaban J connectivity index is 1.50. The number of hydrogen-bond acceptors (Lipinski definition) is 5. The van der Waals surface area contributed by atoms with Crippen LogP contribution in [0.1, 0.15) is 17.0 Å². The molecule has 1 amide bonds. The number of pyridine rings is 2. The van der Waals surface area contributed by atoms with Gasteiger partial charge >= 0.3 is 6.36 Å². The number of hydrogen-bond donors (Lipinski definition) is 1. The molecule has 34 heavy (non-hydrogen) atoms. The van der Waals surface area contributed by atoms with Crippen LogP contribution in [0.3, 0.4) is 0 Å². The predicted molar refractivity (Wildman–Crippen MR) is 123 cm³/mol. The molecule has 0 fully saturated rings. The van der Waals surface area contributed by atoms with Crippen molar-refractivity contribution >= 4 is 29.0 Å². The lowest BCUT2D eigenvalue weighted by molar-refractivity contribution is -0.274. The van der Waals surface area contributed by atoms with Crippen LogP contribution >= 0.6 is 11.8 Å². The monoisotopic (exact) mass is 482 g/mol. The van der Waals surface area contributed by atoms with E-state index in [2.05, 4.69) is 31.9 Å². The Hall–Kier alpha value is -3.97. The zero-order valence-electron chi connectivity index (χ0n) is 17.5. The summed E-state index contributed by atoms with van der Waals surface area (Å²) in [6.07, 6.45) is 0.212. The molecule has 0 bridgehead atoms. The number of amides is 1. The summed E-state index contributed by atoms with van der Waals surface area (Å²) in [5.74, 6) is 6.01. The van der Waals surface area contributed by atoms with Crippen molar-refractivity contribution in [3.05, 3.63) is 90.1 Å². The Morgan fingerprint density at radius 1 is 1.12 bits per heavy atom. The first kappa shape index (κ1) is 23.2. The van der Waals surface area contributed by atoms with E-state index in [0.29, 0.717) is 34.0 Å². The molecular weight excluding hydrogens is 465 g/mol. The number of ether oxygens (including phenoxy) is 1. The third-order valence-corrected chi connectivity index (χ3v) is 5.36. The van der Waals surface area contributed by atoms with Gasteiger partial charge in [0, 0.05) is 23.7 Å². The third kappa shape index (κ3) is 6.30. The highest BCUT2D eigenvalue weighted by atomic mass is 32.2. The lowest BCUT2D eigenvalue weighted by Crippen LogP contribution is -2.17. The second kappa shape index (κ2) is 10.3. The summed E-state index contributed by atoms with van der Waals surface area (Å²) in [4.78, 5) is 20.7. The lowest BCUT2D eigenvalue weighted by atomic mass is 10.2. The first-order valence-corrected chi connectivity index (χ1v) is 11.1. The first-order valence-electron chi connectivity index (χ1n) is 9.99. The highest BCUT2D eigenvalue weighted by Gasteiger charge is 2.31. The molecule has 172 valence electrons. The van der Waals surface area contributed by atoms with Gasteiger partial charge < -0.3 is 10.1 Å². The largest absolute Gasteiger partial charge is 0.573 e. The number of nitrogens with zero attached hydrogens (tertiary/aromatic N) is 3. The topological polar surface area (TPSA) is 68.5 Å². The third-order valence-electron chi connectivity index (χ3n) is 4.41. The molecule has 0 atom stereocenters. The van der Waals surface area contributed by atoms with Crippen LogP contribution in [0, 0.1) is 11.8 Å². The first-order chi connectivity index (χ1) is 16.4. The van der Waals surface area contributed by atoms with Crippen molar-refractivity contribution in [3.8, 4) is 17.6 Å². The molecule has 4 aromatic rings. The van der Waals surface area contributed by atoms with Crippen molar-refractivity contribution in [1.82, 2.24) is 14.4 Å². The van der Waals surface area contributed by atoms with Crippen molar-refractivity contribution in [2.24, 2.45) is 0 Å². The van der Waals surface area contributed by atoms with Crippen LogP contribution in [0.25, 0.3) is 5.65 Å². The molecule has 10 heteroatoms. The average molecular weight is 482 g/mol. The van der Waals surface area contributed by atoms with Gasteiger partial charge in [-0.2, -0.15) is 0 Å². The van der Waals surface area contributed by atoms with Crippen LogP contribution in [0.5, 0.6) is 5.75 Å². The highest BCUT2D eigenvalue weighted by molar-refractivity contribution is 7.99. The molecule has 1 aromatic carbocycles. The second-order valence-corrected chi connectivity index (χ2v) is 7.93. The predicted octanol–water partition coefficient (Wildman–Crippen LogP) is 4.90. The Bertz CT molecular complexity index is 1360. The van der Waals surface area contributed by atoms with E-state index in [4.69, 9.17) is 0 Å². The number of rotatable bonds is 6. The minimum atomic E-state index is -4.78. The molecule has 6 nitrogen and oxygen atoms in total. The fourth-order valence-corrected chi connectivity index (χ4v) is 3.81. The molecule has 0 radical (unpaired) electrons. The molecule has 0 unspecified atom stereocenters. The van der Waals surface area contributed by atoms with Gasteiger partial charge in [0.25, 0.3) is 0 Å². The molecule has 0 saturated carbocycles. The number of thioether (sulfide) groups is 1. The zero-order chi connectivity index (χ0) is 24.0. The molecular formula is C24H17F3N4O2S. The van der Waals surface area contributed by atoms with Crippen molar-refractivity contribution in [2.75, 3.05) is 11.1 Å². The van der Waals surface area contributed by atoms with E-state index >= 15 is 0 Å². The zero-order valence-corrected chi connectivity index (χ0v) is 18.4. The smallest absolute Gasteiger partial charge is 0.406 e. The van der Waals surface area contributed by atoms with E-state index in [1.807, 2.05) is 18.2 Å². The van der Waals surface area contributed by atoms with Gasteiger partial charge in [0.1, 0.15) is 17.1 Å². The minimum Gasteiger partial charge on any atom is -0.406 e. The summed E-state index contributed by atoms with van der Waals surface area (Å²) in [7, 11) is 0. The summed E-state index contributed by atoms with van der Waals surface area (Å²) in [6.45, 7) is 0. The van der Waals surface area contributed by atoms with Crippen molar-refractivity contribution in [2.45, 2.75) is 12.1 Å². The number of imidazole rings is 1. The number of carbonyl (C=O) groups excluding carboxylic acids is 1. The van der Waals surface area contributed by atoms with Gasteiger partial charge in [-0.15, -0.1) is 24.9 Å². The van der Waals surface area contributed by atoms with Crippen LogP contribution in [0.2, 0.25) is 0 Å². The Kier molecular flexibility index (Phi) is 7.04. The number of alkyl halides is 3. The number of benzene rings is 1. The number of fused-ring (bicyclic) bond motifs is 1. The second-order valence-electron chi connectivity index (χ2n) is 6.94. The molecule has 0 aliphatic rings. The summed E-state index contributed by atoms with van der Waals surface area (Å²) in [5.41, 5.74) is 2.92. The van der Waals surface area contributed by atoms with E-state index < -0.39 is 6.36 Å². The normalized spacial score (nSPS) is 11.0. The fourth-order valence-electron chi connectivity index (χ4n) is 3.05. The maximum absolute atomic E-state index is 12.5. The summed E-state index contributed by atoms with van der Waals surface area (Å²) in [6, 6.07) is 14.5. The van der Waals surface area contributed by atoms with E-state index in [-0.39, 0.29) is 17.4 Å². The van der Waals surface area contributed by atoms with Gasteiger partial charge in [-0.25, -0.2) is 4.98 Å². The quantitative estimate of drug-likeness (QED) is 0.396. The molecule has 1 N–H and O–H groups in total. The number of aromatic nitrogens is 3. The van der Waals surface area contributed by atoms with Crippen LogP contribution < -0.4 is 10.1 Å². The van der Waals surface area contributed by atoms with Crippen LogP contribution in [0.15, 0.2) is 73.2 Å². The molecule has 0 saturated heterocycles. The molecule has 4 rings (SSSR count). The van der Waals surface area contributed by atoms with Crippen LogP contribution in [0.4, 0.5) is 18.9 Å². The summed E-state index contributed by atoms with van der Waals surface area (Å²) < 4.78 is 43.3. The highest BCUT2D eigenvalue weighted by Crippen LogP contribution is 2.23. The number of anilines is 1. The minimum absolute atomic E-state index is 0.170. The number of halogens is 3. The molecule has 0 spiro atoms. The fraction of sp³-hybridized carbons (Fsp3) is 0.125. The van der Waals surface area contributed by atoms with Crippen molar-refractivity contribution in [3.63, 3.8) is 0 Å².